The summed E-state index contributed by atoms with van der Waals surface area (Å²) in [6, 6.07) is 6.34. The summed E-state index contributed by atoms with van der Waals surface area (Å²) in [4.78, 5) is 38.8. The van der Waals surface area contributed by atoms with E-state index in [0.717, 1.165) is 10.5 Å². The molecule has 2 N–H and O–H groups in total. The van der Waals surface area contributed by atoms with Gasteiger partial charge in [-0.15, -0.1) is 0 Å². The van der Waals surface area contributed by atoms with Crippen molar-refractivity contribution in [3.8, 4) is 0 Å². The topological polar surface area (TPSA) is 91.0 Å². The number of carbonyl (C=O) groups excluding carboxylic acids is 3. The number of morpholine rings is 1. The number of hydrogen-bond donors (Lipinski definition) is 2. The molecule has 0 radical (unpaired) electrons. The molecular formula is C18H22N4O4. The van der Waals surface area contributed by atoms with Gasteiger partial charge in [-0.25, -0.2) is 14.7 Å². The number of imide groups is 2. The zero-order valence-corrected chi connectivity index (χ0v) is 14.8. The quantitative estimate of drug-likeness (QED) is 0.779. The number of allylic oxidation sites excluding steroid dienone is 1. The van der Waals surface area contributed by atoms with Gasteiger partial charge < -0.3 is 10.2 Å². The predicted molar refractivity (Wildman–Crippen MR) is 95.0 cm³/mol. The predicted octanol–water partition coefficient (Wildman–Crippen LogP) is 0.935. The van der Waals surface area contributed by atoms with Crippen molar-refractivity contribution in [1.82, 2.24) is 15.8 Å². The monoisotopic (exact) mass is 358 g/mol. The normalized spacial score (nSPS) is 22.4. The fourth-order valence-electron chi connectivity index (χ4n) is 3.04. The van der Waals surface area contributed by atoms with Gasteiger partial charge in [0.15, 0.2) is 5.92 Å². The van der Waals surface area contributed by atoms with Crippen molar-refractivity contribution in [1.29, 1.82) is 0 Å². The lowest BCUT2D eigenvalue weighted by Crippen LogP contribution is -2.60. The lowest BCUT2D eigenvalue weighted by molar-refractivity contribution is -0.133. The molecule has 138 valence electrons. The number of hydrazine groups is 1. The van der Waals surface area contributed by atoms with E-state index in [1.165, 1.54) is 0 Å². The first-order valence-corrected chi connectivity index (χ1v) is 8.53. The van der Waals surface area contributed by atoms with Crippen LogP contribution in [0.2, 0.25) is 0 Å². The second-order valence-electron chi connectivity index (χ2n) is 6.14. The van der Waals surface area contributed by atoms with Gasteiger partial charge >= 0.3 is 6.03 Å². The van der Waals surface area contributed by atoms with Crippen LogP contribution in [0.1, 0.15) is 12.5 Å². The van der Waals surface area contributed by atoms with Crippen LogP contribution in [-0.2, 0) is 14.3 Å². The third-order valence-corrected chi connectivity index (χ3v) is 4.44. The molecule has 0 aromatic heterocycles. The zero-order valence-electron chi connectivity index (χ0n) is 14.8. The van der Waals surface area contributed by atoms with Crippen molar-refractivity contribution in [2.75, 3.05) is 31.2 Å². The summed E-state index contributed by atoms with van der Waals surface area (Å²) in [5.74, 6) is -2.30. The Hall–Kier alpha value is -2.71. The lowest BCUT2D eigenvalue weighted by Gasteiger charge is -2.35. The summed E-state index contributed by atoms with van der Waals surface area (Å²) >= 11 is 0. The molecule has 1 atom stereocenters. The van der Waals surface area contributed by atoms with Gasteiger partial charge in [0.05, 0.1) is 18.9 Å². The molecule has 0 unspecified atom stereocenters. The van der Waals surface area contributed by atoms with Crippen molar-refractivity contribution in [2.45, 2.75) is 13.8 Å². The fraction of sp³-hybridized carbons (Fsp3) is 0.389. The van der Waals surface area contributed by atoms with E-state index in [2.05, 4.69) is 10.7 Å². The van der Waals surface area contributed by atoms with Gasteiger partial charge in [0, 0.05) is 18.8 Å². The molecule has 2 aliphatic heterocycles. The van der Waals surface area contributed by atoms with Crippen LogP contribution < -0.4 is 15.6 Å². The molecule has 2 fully saturated rings. The third-order valence-electron chi connectivity index (χ3n) is 4.44. The molecule has 1 aromatic carbocycles. The summed E-state index contributed by atoms with van der Waals surface area (Å²) in [5.41, 5.74) is 4.81. The minimum atomic E-state index is -1.11. The maximum atomic E-state index is 13.1. The van der Waals surface area contributed by atoms with E-state index in [1.54, 1.807) is 25.1 Å². The molecule has 2 heterocycles. The van der Waals surface area contributed by atoms with Crippen LogP contribution in [-0.4, -0.2) is 49.2 Å². The molecule has 1 aromatic rings. The number of para-hydroxylation sites is 1. The number of benzene rings is 1. The van der Waals surface area contributed by atoms with E-state index < -0.39 is 23.8 Å². The average Bonchev–Trinajstić information content (AvgIpc) is 2.63. The number of hydrogen-bond acceptors (Lipinski definition) is 6. The highest BCUT2D eigenvalue weighted by atomic mass is 16.5. The number of urea groups is 1. The minimum Gasteiger partial charge on any atom is -0.379 e. The number of ether oxygens (including phenoxy) is 1. The number of rotatable bonds is 4. The molecule has 26 heavy (non-hydrogen) atoms. The Labute approximate surface area is 151 Å². The number of amides is 4. The van der Waals surface area contributed by atoms with Crippen LogP contribution in [0, 0.1) is 12.8 Å². The Bertz CT molecular complexity index is 755. The van der Waals surface area contributed by atoms with Crippen LogP contribution >= 0.6 is 0 Å². The largest absolute Gasteiger partial charge is 0.379 e. The van der Waals surface area contributed by atoms with Crippen molar-refractivity contribution in [3.63, 3.8) is 0 Å². The maximum absolute atomic E-state index is 13.1. The standard InChI is InChI=1S/C18H22N4O4/c1-3-13(20-21-8-10-26-11-9-21)15-16(23)19-18(25)22(17(15)24)14-7-5-4-6-12(14)2/h3-7,15,20H,8-11H2,1-2H3,(H,19,23,25)/b13-3+/t15-/m1/s1. The number of nitrogens with zero attached hydrogens (tertiary/aromatic N) is 2. The number of aryl methyl sites for hydroxylation is 1. The van der Waals surface area contributed by atoms with Crippen LogP contribution in [0.4, 0.5) is 10.5 Å². The van der Waals surface area contributed by atoms with Gasteiger partial charge in [0.2, 0.25) is 5.91 Å². The molecule has 0 aliphatic carbocycles. The van der Waals surface area contributed by atoms with Crippen molar-refractivity contribution in [3.05, 3.63) is 41.6 Å². The van der Waals surface area contributed by atoms with Gasteiger partial charge in [-0.1, -0.05) is 24.3 Å². The first kappa shape index (κ1) is 18.1. The maximum Gasteiger partial charge on any atom is 0.335 e. The summed E-state index contributed by atoms with van der Waals surface area (Å²) in [7, 11) is 0. The first-order chi connectivity index (χ1) is 12.5. The third kappa shape index (κ3) is 3.47. The second kappa shape index (κ2) is 7.67. The first-order valence-electron chi connectivity index (χ1n) is 8.53. The molecule has 8 heteroatoms. The Kier molecular flexibility index (Phi) is 5.34. The Morgan fingerprint density at radius 2 is 1.92 bits per heavy atom. The van der Waals surface area contributed by atoms with E-state index in [-0.39, 0.29) is 0 Å². The van der Waals surface area contributed by atoms with Gasteiger partial charge in [-0.2, -0.15) is 0 Å². The van der Waals surface area contributed by atoms with Gasteiger partial charge in [0.25, 0.3) is 5.91 Å². The fourth-order valence-corrected chi connectivity index (χ4v) is 3.04. The van der Waals surface area contributed by atoms with Crippen LogP contribution in [0.15, 0.2) is 36.0 Å². The van der Waals surface area contributed by atoms with E-state index in [4.69, 9.17) is 4.74 Å². The van der Waals surface area contributed by atoms with Crippen molar-refractivity contribution >= 4 is 23.5 Å². The highest BCUT2D eigenvalue weighted by Gasteiger charge is 2.44. The van der Waals surface area contributed by atoms with Crippen LogP contribution in [0.25, 0.3) is 0 Å². The molecule has 3 rings (SSSR count). The summed E-state index contributed by atoms with van der Waals surface area (Å²) < 4.78 is 5.30. The zero-order chi connectivity index (χ0) is 18.7. The number of anilines is 1. The SMILES string of the molecule is C/C=C(/NN1CCOCC1)[C@@H]1C(=O)NC(=O)N(c2ccccc2C)C1=O. The summed E-state index contributed by atoms with van der Waals surface area (Å²) in [5, 5.41) is 4.19. The van der Waals surface area contributed by atoms with Gasteiger partial charge in [0.1, 0.15) is 0 Å². The van der Waals surface area contributed by atoms with Gasteiger partial charge in [-0.3, -0.25) is 14.9 Å². The smallest absolute Gasteiger partial charge is 0.335 e. The molecule has 2 aliphatic rings. The minimum absolute atomic E-state index is 0.445. The highest BCUT2D eigenvalue weighted by Crippen LogP contribution is 2.26. The van der Waals surface area contributed by atoms with E-state index in [9.17, 15) is 14.4 Å². The van der Waals surface area contributed by atoms with Gasteiger partial charge in [-0.05, 0) is 25.5 Å². The number of nitrogens with one attached hydrogen (secondary N) is 2. The van der Waals surface area contributed by atoms with Crippen molar-refractivity contribution in [2.24, 2.45) is 5.92 Å². The molecule has 0 saturated carbocycles. The van der Waals surface area contributed by atoms with E-state index >= 15 is 0 Å². The van der Waals surface area contributed by atoms with E-state index in [0.29, 0.717) is 37.7 Å². The molecule has 4 amide bonds. The van der Waals surface area contributed by atoms with E-state index in [1.807, 2.05) is 24.1 Å². The molecule has 2 saturated heterocycles. The molecular weight excluding hydrogens is 336 g/mol. The average molecular weight is 358 g/mol. The summed E-state index contributed by atoms with van der Waals surface area (Å²) in [6.45, 7) is 5.98. The Balaban J connectivity index is 1.88. The Morgan fingerprint density at radius 3 is 2.58 bits per heavy atom. The number of barbiturate groups is 1. The molecule has 0 bridgehead atoms. The summed E-state index contributed by atoms with van der Waals surface area (Å²) in [6.07, 6.45) is 1.68. The lowest BCUT2D eigenvalue weighted by atomic mass is 9.99. The second-order valence-corrected chi connectivity index (χ2v) is 6.14. The number of carbonyl (C=O) groups is 3. The molecule has 8 nitrogen and oxygen atoms in total. The van der Waals surface area contributed by atoms with Crippen molar-refractivity contribution < 1.29 is 19.1 Å². The molecule has 0 spiro atoms. The van der Waals surface area contributed by atoms with Crippen LogP contribution in [0.3, 0.4) is 0 Å². The highest BCUT2D eigenvalue weighted by molar-refractivity contribution is 6.29. The van der Waals surface area contributed by atoms with Crippen LogP contribution in [0.5, 0.6) is 0 Å². The Morgan fingerprint density at radius 1 is 1.23 bits per heavy atom.